The minimum Gasteiger partial charge on any atom is -0.490 e. The second-order valence-corrected chi connectivity index (χ2v) is 9.53. The Bertz CT molecular complexity index is 1450. The van der Waals surface area contributed by atoms with Crippen LogP contribution < -0.4 is 14.8 Å². The summed E-state index contributed by atoms with van der Waals surface area (Å²) in [5.74, 6) is -0.0392. The number of carbonyl (C=O) groups is 3. The Labute approximate surface area is 228 Å². The van der Waals surface area contributed by atoms with Gasteiger partial charge in [0.05, 0.1) is 23.0 Å². The van der Waals surface area contributed by atoms with Crippen molar-refractivity contribution in [3.05, 3.63) is 98.4 Å². The minimum atomic E-state index is -0.514. The molecule has 0 atom stereocenters. The lowest BCUT2D eigenvalue weighted by atomic mass is 10.1. The molecule has 1 N–H and O–H groups in total. The van der Waals surface area contributed by atoms with Gasteiger partial charge in [0.1, 0.15) is 0 Å². The molecule has 0 saturated carbocycles. The number of imide groups is 1. The molecule has 11 heteroatoms. The van der Waals surface area contributed by atoms with Crippen LogP contribution in [0.3, 0.4) is 0 Å². The number of ether oxygens (including phenoxy) is 2. The van der Waals surface area contributed by atoms with Crippen molar-refractivity contribution in [1.82, 2.24) is 4.90 Å². The van der Waals surface area contributed by atoms with Crippen LogP contribution in [-0.2, 0) is 16.1 Å². The summed E-state index contributed by atoms with van der Waals surface area (Å²) in [5.41, 5.74) is 2.82. The lowest BCUT2D eigenvalue weighted by molar-refractivity contribution is -0.384. The van der Waals surface area contributed by atoms with E-state index >= 15 is 0 Å². The average Bonchev–Trinajstić information content (AvgIpc) is 3.16. The Hall–Kier alpha value is -4.64. The summed E-state index contributed by atoms with van der Waals surface area (Å²) in [5, 5.41) is 13.2. The molecule has 3 amide bonds. The summed E-state index contributed by atoms with van der Waals surface area (Å²) >= 11 is 0.809. The Kier molecular flexibility index (Phi) is 8.62. The highest BCUT2D eigenvalue weighted by atomic mass is 32.2. The van der Waals surface area contributed by atoms with Gasteiger partial charge in [0, 0.05) is 17.8 Å². The highest BCUT2D eigenvalue weighted by Gasteiger charge is 2.35. The van der Waals surface area contributed by atoms with Gasteiger partial charge in [0.25, 0.3) is 22.7 Å². The number of nitrogens with zero attached hydrogens (tertiary/aromatic N) is 2. The molecule has 3 aromatic carbocycles. The van der Waals surface area contributed by atoms with E-state index in [-0.39, 0.29) is 29.7 Å². The summed E-state index contributed by atoms with van der Waals surface area (Å²) in [6, 6.07) is 18.1. The summed E-state index contributed by atoms with van der Waals surface area (Å²) in [7, 11) is 0. The molecule has 0 aliphatic carbocycles. The number of benzene rings is 3. The van der Waals surface area contributed by atoms with E-state index in [1.165, 1.54) is 24.3 Å². The molecule has 39 heavy (non-hydrogen) atoms. The molecular weight excluding hydrogens is 522 g/mol. The van der Waals surface area contributed by atoms with Crippen LogP contribution in [0.25, 0.3) is 6.08 Å². The molecule has 10 nitrogen and oxygen atoms in total. The van der Waals surface area contributed by atoms with E-state index in [1.807, 2.05) is 32.0 Å². The first-order valence-electron chi connectivity index (χ1n) is 12.0. The van der Waals surface area contributed by atoms with Crippen molar-refractivity contribution in [2.45, 2.75) is 20.4 Å². The van der Waals surface area contributed by atoms with Crippen molar-refractivity contribution in [3.8, 4) is 11.5 Å². The normalized spacial score (nSPS) is 14.0. The Morgan fingerprint density at radius 1 is 1.05 bits per heavy atom. The fraction of sp³-hybridized carbons (Fsp3) is 0.179. The quantitative estimate of drug-likeness (QED) is 0.199. The van der Waals surface area contributed by atoms with E-state index in [4.69, 9.17) is 9.47 Å². The fourth-order valence-electron chi connectivity index (χ4n) is 3.76. The van der Waals surface area contributed by atoms with Crippen LogP contribution in [0.5, 0.6) is 11.5 Å². The van der Waals surface area contributed by atoms with Gasteiger partial charge in [-0.1, -0.05) is 30.3 Å². The minimum absolute atomic E-state index is 0.00158. The molecule has 0 spiro atoms. The van der Waals surface area contributed by atoms with Crippen LogP contribution in [0.2, 0.25) is 0 Å². The lowest BCUT2D eigenvalue weighted by Gasteiger charge is -2.13. The first-order valence-corrected chi connectivity index (χ1v) is 12.8. The van der Waals surface area contributed by atoms with Gasteiger partial charge in [-0.05, 0) is 72.6 Å². The first kappa shape index (κ1) is 27.4. The van der Waals surface area contributed by atoms with E-state index in [1.54, 1.807) is 30.3 Å². The average molecular weight is 548 g/mol. The molecular formula is C28H25N3O7S. The van der Waals surface area contributed by atoms with Crippen molar-refractivity contribution < 1.29 is 28.8 Å². The molecule has 4 rings (SSSR count). The van der Waals surface area contributed by atoms with Crippen molar-refractivity contribution in [2.24, 2.45) is 0 Å². The number of rotatable bonds is 10. The number of carbonyl (C=O) groups excluding carboxylic acids is 3. The van der Waals surface area contributed by atoms with Gasteiger partial charge in [-0.3, -0.25) is 29.4 Å². The Balaban J connectivity index is 1.43. The third kappa shape index (κ3) is 7.02. The Morgan fingerprint density at radius 2 is 1.82 bits per heavy atom. The number of nitro benzene ring substituents is 1. The van der Waals surface area contributed by atoms with Crippen LogP contribution in [0.15, 0.2) is 71.6 Å². The number of nitrogens with one attached hydrogen (secondary N) is 1. The molecule has 1 aliphatic rings. The predicted molar refractivity (Wildman–Crippen MR) is 148 cm³/mol. The number of anilines is 1. The molecule has 0 radical (unpaired) electrons. The molecule has 0 unspecified atom stereocenters. The number of aryl methyl sites for hydroxylation is 1. The number of thioether (sulfide) groups is 1. The molecule has 1 heterocycles. The van der Waals surface area contributed by atoms with Gasteiger partial charge in [0.15, 0.2) is 18.1 Å². The highest BCUT2D eigenvalue weighted by Crippen LogP contribution is 2.35. The van der Waals surface area contributed by atoms with Gasteiger partial charge >= 0.3 is 0 Å². The molecule has 3 aromatic rings. The first-order chi connectivity index (χ1) is 18.7. The van der Waals surface area contributed by atoms with E-state index in [0.29, 0.717) is 34.9 Å². The zero-order valence-corrected chi connectivity index (χ0v) is 22.0. The monoisotopic (exact) mass is 547 g/mol. The van der Waals surface area contributed by atoms with Crippen molar-refractivity contribution in [1.29, 1.82) is 0 Å². The topological polar surface area (TPSA) is 128 Å². The zero-order valence-electron chi connectivity index (χ0n) is 21.2. The van der Waals surface area contributed by atoms with Gasteiger partial charge in [-0.2, -0.15) is 0 Å². The zero-order chi connectivity index (χ0) is 27.9. The van der Waals surface area contributed by atoms with Crippen LogP contribution in [-0.4, -0.2) is 40.1 Å². The fourth-order valence-corrected chi connectivity index (χ4v) is 4.60. The number of hydrogen-bond donors (Lipinski definition) is 1. The van der Waals surface area contributed by atoms with Crippen molar-refractivity contribution in [2.75, 3.05) is 18.5 Å². The number of amides is 3. The van der Waals surface area contributed by atoms with Crippen LogP contribution in [0.4, 0.5) is 16.2 Å². The maximum absolute atomic E-state index is 12.9. The second kappa shape index (κ2) is 12.3. The highest BCUT2D eigenvalue weighted by molar-refractivity contribution is 8.18. The van der Waals surface area contributed by atoms with E-state index in [0.717, 1.165) is 22.2 Å². The molecule has 0 bridgehead atoms. The molecule has 200 valence electrons. The smallest absolute Gasteiger partial charge is 0.293 e. The summed E-state index contributed by atoms with van der Waals surface area (Å²) in [6.45, 7) is 3.86. The molecule has 1 aliphatic heterocycles. The number of non-ortho nitro benzene ring substituents is 1. The van der Waals surface area contributed by atoms with Crippen molar-refractivity contribution >= 4 is 46.3 Å². The third-order valence-electron chi connectivity index (χ3n) is 5.59. The van der Waals surface area contributed by atoms with Crippen molar-refractivity contribution in [3.63, 3.8) is 0 Å². The maximum Gasteiger partial charge on any atom is 0.293 e. The molecule has 1 saturated heterocycles. The summed E-state index contributed by atoms with van der Waals surface area (Å²) in [6.07, 6.45) is 1.58. The van der Waals surface area contributed by atoms with E-state index < -0.39 is 16.1 Å². The van der Waals surface area contributed by atoms with E-state index in [9.17, 15) is 24.5 Å². The second-order valence-electron chi connectivity index (χ2n) is 8.54. The van der Waals surface area contributed by atoms with Crippen LogP contribution in [0, 0.1) is 17.0 Å². The van der Waals surface area contributed by atoms with Crippen LogP contribution >= 0.6 is 11.8 Å². The molecule has 1 fully saturated rings. The number of hydrogen-bond acceptors (Lipinski definition) is 8. The standard InChI is InChI=1S/C28H25N3O7S/c1-3-37-24-14-20(9-12-23(24)38-17-26(32)29-21-6-4-5-18(2)13-21)15-25-27(33)30(28(34)39-25)16-19-7-10-22(11-8-19)31(35)36/h4-15H,3,16-17H2,1-2H3,(H,29,32)/b25-15-. The Morgan fingerprint density at radius 3 is 2.51 bits per heavy atom. The van der Waals surface area contributed by atoms with Gasteiger partial charge in [0.2, 0.25) is 0 Å². The lowest BCUT2D eigenvalue weighted by Crippen LogP contribution is -2.27. The molecule has 0 aromatic heterocycles. The van der Waals surface area contributed by atoms with Crippen LogP contribution in [0.1, 0.15) is 23.6 Å². The largest absolute Gasteiger partial charge is 0.490 e. The summed E-state index contributed by atoms with van der Waals surface area (Å²) in [4.78, 5) is 49.5. The van der Waals surface area contributed by atoms with E-state index in [2.05, 4.69) is 5.32 Å². The van der Waals surface area contributed by atoms with Gasteiger partial charge < -0.3 is 14.8 Å². The number of nitro groups is 1. The summed E-state index contributed by atoms with van der Waals surface area (Å²) < 4.78 is 11.4. The van der Waals surface area contributed by atoms with Gasteiger partial charge in [-0.25, -0.2) is 0 Å². The maximum atomic E-state index is 12.9. The SMILES string of the molecule is CCOc1cc(/C=C2\SC(=O)N(Cc3ccc([N+](=O)[O-])cc3)C2=O)ccc1OCC(=O)Nc1cccc(C)c1. The third-order valence-corrected chi connectivity index (χ3v) is 6.49. The van der Waals surface area contributed by atoms with Gasteiger partial charge in [-0.15, -0.1) is 0 Å². The predicted octanol–water partition coefficient (Wildman–Crippen LogP) is 5.56.